The molecule has 1 fully saturated rings. The first-order valence-corrected chi connectivity index (χ1v) is 32.2. The van der Waals surface area contributed by atoms with Crippen LogP contribution in [-0.4, -0.2) is 112 Å². The molecule has 0 spiro atoms. The van der Waals surface area contributed by atoms with Crippen molar-refractivity contribution in [3.05, 3.63) is 0 Å². The molecule has 22 nitrogen and oxygen atoms in total. The van der Waals surface area contributed by atoms with E-state index in [2.05, 4.69) is 27.4 Å². The third-order valence-corrected chi connectivity index (χ3v) is 14.7. The van der Waals surface area contributed by atoms with Crippen LogP contribution >= 0.6 is 31.3 Å². The second kappa shape index (κ2) is 38.8. The van der Waals surface area contributed by atoms with Crippen LogP contribution in [0.1, 0.15) is 219 Å². The number of hydrogen-bond acceptors (Lipinski definition) is 15. The number of esters is 2. The number of carbonyl (C=O) groups is 2. The van der Waals surface area contributed by atoms with Gasteiger partial charge in [-0.1, -0.05) is 194 Å². The maximum atomic E-state index is 13.3. The number of aliphatic hydroxyl groups excluding tert-OH is 2. The highest BCUT2D eigenvalue weighted by atomic mass is 31.2. The average Bonchev–Trinajstić information content (AvgIpc) is 3.27. The van der Waals surface area contributed by atoms with Gasteiger partial charge in [0, 0.05) is 12.8 Å². The normalized spacial score (nSPS) is 21.2. The summed E-state index contributed by atoms with van der Waals surface area (Å²) in [6.07, 6.45) is 15.8. The molecule has 9 N–H and O–H groups in total. The largest absolute Gasteiger partial charge is 0.472 e. The molecule has 0 radical (unpaired) electrons. The van der Waals surface area contributed by atoms with Crippen LogP contribution in [0.2, 0.25) is 0 Å². The number of unbranched alkanes of at least 4 members (excludes halogenated alkanes) is 28. The van der Waals surface area contributed by atoms with E-state index in [4.69, 9.17) is 18.5 Å². The Hall–Kier alpha value is -0.700. The number of phosphoric acid groups is 4. The number of aliphatic hydroxyl groups is 2. The topological polar surface area (TPSA) is 349 Å². The van der Waals surface area contributed by atoms with Crippen molar-refractivity contribution < 1.29 is 104 Å². The van der Waals surface area contributed by atoms with E-state index >= 15 is 0 Å². The van der Waals surface area contributed by atoms with Gasteiger partial charge >= 0.3 is 43.2 Å². The molecule has 1 aliphatic carbocycles. The lowest BCUT2D eigenvalue weighted by Crippen LogP contribution is -2.65. The zero-order chi connectivity index (χ0) is 53.2. The fraction of sp³-hybridized carbons (Fsp3) is 0.956. The molecule has 422 valence electrons. The summed E-state index contributed by atoms with van der Waals surface area (Å²) in [5.41, 5.74) is 0. The van der Waals surface area contributed by atoms with Crippen molar-refractivity contribution in [3.8, 4) is 0 Å². The quantitative estimate of drug-likeness (QED) is 0.0155. The lowest BCUT2D eigenvalue weighted by Gasteiger charge is -2.45. The van der Waals surface area contributed by atoms with Crippen molar-refractivity contribution in [1.29, 1.82) is 0 Å². The van der Waals surface area contributed by atoms with E-state index in [1.54, 1.807) is 0 Å². The Labute approximate surface area is 421 Å². The summed E-state index contributed by atoms with van der Waals surface area (Å²) in [6, 6.07) is 0. The molecule has 0 amide bonds. The lowest BCUT2D eigenvalue weighted by molar-refractivity contribution is -0.209. The van der Waals surface area contributed by atoms with Gasteiger partial charge in [0.2, 0.25) is 0 Å². The highest BCUT2D eigenvalue weighted by Crippen LogP contribution is 2.53. The molecule has 0 aromatic rings. The molecule has 0 heterocycles. The summed E-state index contributed by atoms with van der Waals surface area (Å²) in [4.78, 5) is 93.0. The Morgan fingerprint density at radius 3 is 1.01 bits per heavy atom. The number of carbonyl (C=O) groups excluding carboxylic acids is 2. The Morgan fingerprint density at radius 1 is 0.394 bits per heavy atom. The average molecular weight is 1110 g/mol. The molecule has 8 atom stereocenters. The summed E-state index contributed by atoms with van der Waals surface area (Å²) in [5, 5.41) is 21.9. The van der Waals surface area contributed by atoms with Gasteiger partial charge in [-0.05, 0) is 12.8 Å². The third-order valence-electron chi connectivity index (χ3n) is 12.1. The molecular formula is C45H90O22P4. The number of ether oxygens (including phenoxy) is 2. The van der Waals surface area contributed by atoms with E-state index in [-0.39, 0.29) is 12.8 Å². The second-order valence-electron chi connectivity index (χ2n) is 18.7. The van der Waals surface area contributed by atoms with Crippen LogP contribution in [0.25, 0.3) is 0 Å². The summed E-state index contributed by atoms with van der Waals surface area (Å²) < 4.78 is 82.3. The fourth-order valence-electron chi connectivity index (χ4n) is 8.38. The maximum Gasteiger partial charge on any atom is 0.472 e. The van der Waals surface area contributed by atoms with E-state index < -0.39 is 99.2 Å². The van der Waals surface area contributed by atoms with Crippen LogP contribution in [0.5, 0.6) is 0 Å². The summed E-state index contributed by atoms with van der Waals surface area (Å²) >= 11 is 0. The van der Waals surface area contributed by atoms with Gasteiger partial charge in [-0.3, -0.25) is 32.2 Å². The SMILES string of the molecule is CCCCCCCCCCCCCCCCCC(=O)OC[C@H](COP(=O)(O)OC1[C@H](O)[C@H](OP(=O)(O)O)C(OP(=O)(O)O)[C@H](OP(=O)(O)O)[C@H]1O)OC(=O)CCCCCCCCCCCCCCCCC. The van der Waals surface area contributed by atoms with Crippen molar-refractivity contribution in [3.63, 3.8) is 0 Å². The molecule has 1 rings (SSSR count). The van der Waals surface area contributed by atoms with E-state index in [1.165, 1.54) is 122 Å². The number of rotatable bonds is 46. The van der Waals surface area contributed by atoms with Crippen molar-refractivity contribution in [2.75, 3.05) is 13.2 Å². The first kappa shape index (κ1) is 68.3. The zero-order valence-corrected chi connectivity index (χ0v) is 45.8. The third kappa shape index (κ3) is 36.8. The molecule has 0 aromatic heterocycles. The summed E-state index contributed by atoms with van der Waals surface area (Å²) in [5.74, 6) is -1.39. The van der Waals surface area contributed by atoms with Crippen LogP contribution < -0.4 is 0 Å². The molecule has 0 aromatic carbocycles. The fourth-order valence-corrected chi connectivity index (χ4v) is 11.0. The Morgan fingerprint density at radius 2 is 0.690 bits per heavy atom. The molecule has 0 bridgehead atoms. The Kier molecular flexibility index (Phi) is 37.3. The van der Waals surface area contributed by atoms with Gasteiger partial charge in [0.25, 0.3) is 0 Å². The summed E-state index contributed by atoms with van der Waals surface area (Å²) in [7, 11) is -23.0. The van der Waals surface area contributed by atoms with Crippen LogP contribution in [0.4, 0.5) is 0 Å². The van der Waals surface area contributed by atoms with Crippen LogP contribution in [-0.2, 0) is 59.9 Å². The first-order valence-electron chi connectivity index (χ1n) is 26.1. The highest BCUT2D eigenvalue weighted by molar-refractivity contribution is 7.47. The van der Waals surface area contributed by atoms with Gasteiger partial charge in [-0.15, -0.1) is 0 Å². The number of hydrogen-bond donors (Lipinski definition) is 9. The molecule has 0 saturated heterocycles. The monoisotopic (exact) mass is 1110 g/mol. The van der Waals surface area contributed by atoms with Gasteiger partial charge in [-0.2, -0.15) is 0 Å². The van der Waals surface area contributed by atoms with Gasteiger partial charge in [0.1, 0.15) is 43.2 Å². The van der Waals surface area contributed by atoms with Gasteiger partial charge in [0.15, 0.2) is 6.10 Å². The molecule has 3 unspecified atom stereocenters. The van der Waals surface area contributed by atoms with E-state index in [0.717, 1.165) is 57.8 Å². The smallest absolute Gasteiger partial charge is 0.462 e. The molecule has 1 aliphatic rings. The maximum absolute atomic E-state index is 13.3. The van der Waals surface area contributed by atoms with Crippen LogP contribution in [0.3, 0.4) is 0 Å². The van der Waals surface area contributed by atoms with Crippen molar-refractivity contribution >= 4 is 43.2 Å². The van der Waals surface area contributed by atoms with Gasteiger partial charge in [-0.25, -0.2) is 18.3 Å². The Bertz CT molecular complexity index is 1550. The van der Waals surface area contributed by atoms with Crippen molar-refractivity contribution in [2.24, 2.45) is 0 Å². The number of phosphoric ester groups is 4. The minimum atomic E-state index is -5.79. The Balaban J connectivity index is 2.84. The van der Waals surface area contributed by atoms with Gasteiger partial charge in [0.05, 0.1) is 6.61 Å². The van der Waals surface area contributed by atoms with Gasteiger partial charge < -0.3 is 53.9 Å². The minimum absolute atomic E-state index is 0.0421. The van der Waals surface area contributed by atoms with Crippen molar-refractivity contribution in [2.45, 2.75) is 262 Å². The second-order valence-corrected chi connectivity index (χ2v) is 23.7. The van der Waals surface area contributed by atoms with E-state index in [9.17, 15) is 72.3 Å². The predicted molar refractivity (Wildman–Crippen MR) is 263 cm³/mol. The standard InChI is InChI=1S/C45H90O22P4/c1-3-5-7-9-11-13-15-17-19-21-23-25-27-29-31-33-38(46)61-35-37(63-39(47)34-32-30-28-26-24-22-20-18-16-14-12-10-8-6-4-2)36-62-71(59,60)67-42-40(48)43(64-68(50,51)52)45(66-70(56,57)58)44(41(42)49)65-69(53,54)55/h37,40-45,48-49H,3-36H2,1-2H3,(H,59,60)(H2,50,51,52)(H2,53,54,55)(H2,56,57,58)/t37-,40+,41+,42?,43-,44+,45?/m1/s1. The highest BCUT2D eigenvalue weighted by Gasteiger charge is 2.59. The molecule has 71 heavy (non-hydrogen) atoms. The van der Waals surface area contributed by atoms with E-state index in [1.807, 2.05) is 0 Å². The van der Waals surface area contributed by atoms with Crippen LogP contribution in [0, 0.1) is 0 Å². The van der Waals surface area contributed by atoms with E-state index in [0.29, 0.717) is 12.8 Å². The minimum Gasteiger partial charge on any atom is -0.462 e. The lowest BCUT2D eigenvalue weighted by atomic mass is 9.85. The molecular weight excluding hydrogens is 1020 g/mol. The first-order chi connectivity index (χ1) is 33.5. The predicted octanol–water partition coefficient (Wildman–Crippen LogP) is 9.64. The zero-order valence-electron chi connectivity index (χ0n) is 42.2. The molecule has 26 heteroatoms. The summed E-state index contributed by atoms with van der Waals surface area (Å²) in [6.45, 7) is 2.79. The molecule has 0 aliphatic heterocycles. The van der Waals surface area contributed by atoms with Crippen molar-refractivity contribution in [1.82, 2.24) is 0 Å². The van der Waals surface area contributed by atoms with Crippen LogP contribution in [0.15, 0.2) is 0 Å². The molecule has 1 saturated carbocycles.